The summed E-state index contributed by atoms with van der Waals surface area (Å²) in [5, 5.41) is 6.27. The molecule has 7 nitrogen and oxygen atoms in total. The Kier molecular flexibility index (Phi) is 3.61. The van der Waals surface area contributed by atoms with Crippen molar-refractivity contribution in [3.8, 4) is 0 Å². The van der Waals surface area contributed by atoms with Crippen LogP contribution >= 0.6 is 0 Å². The normalized spacial score (nSPS) is 43.1. The van der Waals surface area contributed by atoms with Crippen molar-refractivity contribution >= 4 is 17.7 Å². The predicted molar refractivity (Wildman–Crippen MR) is 104 cm³/mol. The van der Waals surface area contributed by atoms with Crippen molar-refractivity contribution in [3.05, 3.63) is 12.2 Å². The molecular weight excluding hydrogens is 370 g/mol. The third-order valence-electron chi connectivity index (χ3n) is 7.83. The highest BCUT2D eigenvalue weighted by Crippen LogP contribution is 2.61. The predicted octanol–water partition coefficient (Wildman–Crippen LogP) is 1.03. The fraction of sp³-hybridized carbons (Fsp3) is 0.773. The maximum absolute atomic E-state index is 13.6. The van der Waals surface area contributed by atoms with E-state index in [-0.39, 0.29) is 35.8 Å². The topological polar surface area (TPSA) is 87.7 Å². The zero-order chi connectivity index (χ0) is 20.0. The molecule has 6 aliphatic rings. The molecule has 5 atom stereocenters. The van der Waals surface area contributed by atoms with Crippen LogP contribution in [-0.2, 0) is 19.1 Å². The monoisotopic (exact) mass is 399 g/mol. The van der Waals surface area contributed by atoms with E-state index in [1.54, 1.807) is 4.90 Å². The highest BCUT2D eigenvalue weighted by Gasteiger charge is 2.77. The molecular formula is C22H29N3O4. The van der Waals surface area contributed by atoms with Gasteiger partial charge in [0.2, 0.25) is 17.7 Å². The molecule has 1 spiro atoms. The van der Waals surface area contributed by atoms with Crippen LogP contribution in [0.5, 0.6) is 0 Å². The summed E-state index contributed by atoms with van der Waals surface area (Å²) >= 11 is 0. The van der Waals surface area contributed by atoms with Gasteiger partial charge in [0.1, 0.15) is 11.6 Å². The van der Waals surface area contributed by atoms with Gasteiger partial charge in [-0.3, -0.25) is 14.4 Å². The second-order valence-electron chi connectivity index (χ2n) is 10.1. The summed E-state index contributed by atoms with van der Waals surface area (Å²) in [5.41, 5.74) is -1.86. The smallest absolute Gasteiger partial charge is 0.246 e. The molecule has 3 heterocycles. The van der Waals surface area contributed by atoms with E-state index in [4.69, 9.17) is 4.74 Å². The number of carbonyl (C=O) groups is 3. The molecule has 0 radical (unpaired) electrons. The maximum atomic E-state index is 13.6. The van der Waals surface area contributed by atoms with E-state index in [1.165, 1.54) is 0 Å². The lowest BCUT2D eigenvalue weighted by atomic mass is 9.70. The van der Waals surface area contributed by atoms with E-state index < -0.39 is 29.1 Å². The Labute approximate surface area is 170 Å². The number of nitrogens with one attached hydrogen (secondary N) is 2. The first-order valence-corrected chi connectivity index (χ1v) is 11.3. The number of carbonyl (C=O) groups excluding carboxylic acids is 3. The van der Waals surface area contributed by atoms with Crippen molar-refractivity contribution < 1.29 is 19.1 Å². The van der Waals surface area contributed by atoms with E-state index >= 15 is 0 Å². The summed E-state index contributed by atoms with van der Waals surface area (Å²) in [6.45, 7) is 1.88. The zero-order valence-corrected chi connectivity index (χ0v) is 16.9. The summed E-state index contributed by atoms with van der Waals surface area (Å²) in [5.74, 6) is -1.49. The first-order chi connectivity index (χ1) is 13.9. The molecule has 3 amide bonds. The number of nitrogens with zero attached hydrogens (tertiary/aromatic N) is 1. The van der Waals surface area contributed by atoms with Crippen LogP contribution < -0.4 is 10.6 Å². The van der Waals surface area contributed by atoms with Crippen LogP contribution in [0.4, 0.5) is 0 Å². The van der Waals surface area contributed by atoms with Gasteiger partial charge >= 0.3 is 0 Å². The second kappa shape index (κ2) is 5.84. The minimum Gasteiger partial charge on any atom is -0.356 e. The average molecular weight is 399 g/mol. The number of likely N-dealkylation sites (tertiary alicyclic amines) is 1. The molecule has 5 fully saturated rings. The molecule has 7 heteroatoms. The summed E-state index contributed by atoms with van der Waals surface area (Å²) in [6, 6.07) is -0.174. The summed E-state index contributed by atoms with van der Waals surface area (Å²) < 4.78 is 6.49. The average Bonchev–Trinajstić information content (AvgIpc) is 3.56. The number of hydrogen-bond acceptors (Lipinski definition) is 4. The largest absolute Gasteiger partial charge is 0.356 e. The molecule has 0 unspecified atom stereocenters. The molecule has 0 aromatic carbocycles. The standard InChI is InChI=1S/C22H29N3O4/c1-21-10-11-22(29-21)16(15(21)18(26)23-13-6-7-13)20(28)25(14-8-9-14)17(22)19(27)24-12-4-2-3-5-12/h10-17H,2-9H2,1H3,(H,23,26)(H,24,27)/t15-,16-,17+,21+,22-/m0/s1. The molecule has 3 aliphatic heterocycles. The number of fused-ring (bicyclic) bond motifs is 1. The fourth-order valence-electron chi connectivity index (χ4n) is 6.18. The molecule has 0 aromatic rings. The Morgan fingerprint density at radius 3 is 2.31 bits per heavy atom. The third kappa shape index (κ3) is 2.49. The van der Waals surface area contributed by atoms with E-state index in [1.807, 2.05) is 19.1 Å². The Balaban J connectivity index is 1.36. The van der Waals surface area contributed by atoms with Gasteiger partial charge in [-0.15, -0.1) is 0 Å². The van der Waals surface area contributed by atoms with Crippen molar-refractivity contribution in [2.24, 2.45) is 11.8 Å². The van der Waals surface area contributed by atoms with Crippen LogP contribution in [0.1, 0.15) is 58.3 Å². The van der Waals surface area contributed by atoms with Gasteiger partial charge < -0.3 is 20.3 Å². The Morgan fingerprint density at radius 1 is 1.00 bits per heavy atom. The van der Waals surface area contributed by atoms with Gasteiger partial charge in [0.25, 0.3) is 0 Å². The van der Waals surface area contributed by atoms with Crippen LogP contribution in [-0.4, -0.2) is 58.0 Å². The minimum absolute atomic E-state index is 0.0805. The van der Waals surface area contributed by atoms with Crippen LogP contribution in [0.15, 0.2) is 12.2 Å². The van der Waals surface area contributed by atoms with Gasteiger partial charge in [-0.2, -0.15) is 0 Å². The first kappa shape index (κ1) is 17.9. The minimum atomic E-state index is -1.03. The Morgan fingerprint density at radius 2 is 1.66 bits per heavy atom. The molecule has 2 bridgehead atoms. The lowest BCUT2D eigenvalue weighted by Crippen LogP contribution is -2.56. The van der Waals surface area contributed by atoms with Gasteiger partial charge in [0.05, 0.1) is 17.4 Å². The lowest BCUT2D eigenvalue weighted by Gasteiger charge is -2.33. The van der Waals surface area contributed by atoms with Crippen LogP contribution in [0, 0.1) is 11.8 Å². The van der Waals surface area contributed by atoms with E-state index in [0.717, 1.165) is 51.4 Å². The van der Waals surface area contributed by atoms with Crippen LogP contribution in [0.3, 0.4) is 0 Å². The van der Waals surface area contributed by atoms with E-state index in [2.05, 4.69) is 10.6 Å². The maximum Gasteiger partial charge on any atom is 0.246 e. The summed E-state index contributed by atoms with van der Waals surface area (Å²) in [6.07, 6.45) is 11.9. The third-order valence-corrected chi connectivity index (χ3v) is 7.83. The number of amides is 3. The Hall–Kier alpha value is -1.89. The van der Waals surface area contributed by atoms with Gasteiger partial charge in [0.15, 0.2) is 0 Å². The fourth-order valence-corrected chi connectivity index (χ4v) is 6.18. The molecule has 3 saturated carbocycles. The molecule has 2 N–H and O–H groups in total. The van der Waals surface area contributed by atoms with E-state index in [0.29, 0.717) is 0 Å². The van der Waals surface area contributed by atoms with E-state index in [9.17, 15) is 14.4 Å². The Bertz CT molecular complexity index is 813. The summed E-state index contributed by atoms with van der Waals surface area (Å²) in [4.78, 5) is 42.0. The van der Waals surface area contributed by atoms with Crippen molar-refractivity contribution in [3.63, 3.8) is 0 Å². The molecule has 29 heavy (non-hydrogen) atoms. The van der Waals surface area contributed by atoms with Gasteiger partial charge in [-0.05, 0) is 45.4 Å². The van der Waals surface area contributed by atoms with Gasteiger partial charge in [-0.1, -0.05) is 25.0 Å². The van der Waals surface area contributed by atoms with Gasteiger partial charge in [-0.25, -0.2) is 0 Å². The van der Waals surface area contributed by atoms with Crippen molar-refractivity contribution in [1.82, 2.24) is 15.5 Å². The number of hydrogen-bond donors (Lipinski definition) is 2. The van der Waals surface area contributed by atoms with Crippen molar-refractivity contribution in [2.75, 3.05) is 0 Å². The molecule has 3 aliphatic carbocycles. The molecule has 0 aromatic heterocycles. The highest BCUT2D eigenvalue weighted by atomic mass is 16.5. The zero-order valence-electron chi connectivity index (χ0n) is 16.9. The molecule has 156 valence electrons. The SMILES string of the molecule is C[C@]12C=C[C@]3(O1)[C@H](C(=O)N(C1CC1)[C@@H]3C(=O)NC1CCCC1)[C@H]2C(=O)NC1CC1. The summed E-state index contributed by atoms with van der Waals surface area (Å²) in [7, 11) is 0. The van der Waals surface area contributed by atoms with Crippen molar-refractivity contribution in [2.45, 2.75) is 93.7 Å². The van der Waals surface area contributed by atoms with Crippen molar-refractivity contribution in [1.29, 1.82) is 0 Å². The van der Waals surface area contributed by atoms with Gasteiger partial charge in [0, 0.05) is 18.1 Å². The number of rotatable bonds is 5. The first-order valence-electron chi connectivity index (χ1n) is 11.3. The van der Waals surface area contributed by atoms with Crippen LogP contribution in [0.2, 0.25) is 0 Å². The number of ether oxygens (including phenoxy) is 1. The quantitative estimate of drug-likeness (QED) is 0.676. The highest BCUT2D eigenvalue weighted by molar-refractivity contribution is 6.00. The second-order valence-corrected chi connectivity index (χ2v) is 10.1. The lowest BCUT2D eigenvalue weighted by molar-refractivity contribution is -0.145. The molecule has 6 rings (SSSR count). The van der Waals surface area contributed by atoms with Crippen LogP contribution in [0.25, 0.3) is 0 Å². The molecule has 2 saturated heterocycles.